The largest absolute Gasteiger partial charge is 0.469 e. The lowest BCUT2D eigenvalue weighted by Gasteiger charge is -2.38. The monoisotopic (exact) mass is 953 g/mol. The molecule has 0 spiro atoms. The number of amides is 3. The van der Waals surface area contributed by atoms with Gasteiger partial charge < -0.3 is 42.6 Å². The summed E-state index contributed by atoms with van der Waals surface area (Å²) in [5.41, 5.74) is -2.43. The Bertz CT molecular complexity index is 1790. The Morgan fingerprint density at radius 2 is 1.03 bits per heavy atom. The lowest BCUT2D eigenvalue weighted by molar-refractivity contribution is -0.146. The first-order chi connectivity index (χ1) is 30.9. The summed E-state index contributed by atoms with van der Waals surface area (Å²) in [5, 5.41) is 0. The highest BCUT2D eigenvalue weighted by molar-refractivity contribution is 5.78. The van der Waals surface area contributed by atoms with Crippen molar-refractivity contribution in [3.05, 3.63) is 35.9 Å². The van der Waals surface area contributed by atoms with Crippen LogP contribution in [0.15, 0.2) is 30.3 Å². The first-order valence-electron chi connectivity index (χ1n) is 22.8. The van der Waals surface area contributed by atoms with E-state index in [1.807, 2.05) is 113 Å². The number of likely N-dealkylation sites (tertiary alicyclic amines) is 3. The van der Waals surface area contributed by atoms with E-state index in [4.69, 9.17) is 42.6 Å². The number of carbonyl (C=O) groups is 6. The topological polar surface area (TPSA) is 195 Å². The zero-order valence-corrected chi connectivity index (χ0v) is 43.4. The van der Waals surface area contributed by atoms with Crippen LogP contribution in [0.1, 0.15) is 115 Å². The number of carbonyl (C=O) groups excluding carboxylic acids is 6. The quantitative estimate of drug-likeness (QED) is 0.116. The highest BCUT2D eigenvalue weighted by Gasteiger charge is 2.53. The molecular weight excluding hydrogens is 872 g/mol. The molecular formula is C49H81N3O15. The van der Waals surface area contributed by atoms with E-state index in [1.54, 1.807) is 28.9 Å². The molecule has 0 saturated carbocycles. The molecule has 3 aliphatic heterocycles. The minimum absolute atomic E-state index is 0.262. The molecule has 18 nitrogen and oxygen atoms in total. The molecule has 0 bridgehead atoms. The van der Waals surface area contributed by atoms with Gasteiger partial charge in [-0.1, -0.05) is 30.3 Å². The van der Waals surface area contributed by atoms with Crippen LogP contribution in [0.4, 0.5) is 14.4 Å². The van der Waals surface area contributed by atoms with Crippen LogP contribution in [0.3, 0.4) is 0 Å². The minimum atomic E-state index is -0.655. The molecule has 382 valence electrons. The van der Waals surface area contributed by atoms with Crippen molar-refractivity contribution < 1.29 is 71.4 Å². The maximum absolute atomic E-state index is 12.9. The van der Waals surface area contributed by atoms with Crippen LogP contribution in [0, 0.1) is 11.8 Å². The van der Waals surface area contributed by atoms with Gasteiger partial charge in [-0.25, -0.2) is 14.4 Å². The van der Waals surface area contributed by atoms with Crippen LogP contribution in [0.25, 0.3) is 0 Å². The third-order valence-electron chi connectivity index (χ3n) is 11.2. The van der Waals surface area contributed by atoms with Crippen molar-refractivity contribution in [2.45, 2.75) is 155 Å². The number of ether oxygens (including phenoxy) is 9. The van der Waals surface area contributed by atoms with E-state index in [2.05, 4.69) is 0 Å². The molecule has 6 atom stereocenters. The van der Waals surface area contributed by atoms with Crippen molar-refractivity contribution in [1.82, 2.24) is 14.7 Å². The maximum Gasteiger partial charge on any atom is 0.410 e. The van der Waals surface area contributed by atoms with Gasteiger partial charge >= 0.3 is 36.2 Å². The summed E-state index contributed by atoms with van der Waals surface area (Å²) in [4.78, 5) is 77.4. The molecule has 3 heterocycles. The molecule has 3 fully saturated rings. The SMILES string of the molecule is CCOC[C@]1(C)C[C@H](OC(C)=O)CN1C(=O)OC(C)(C)C.COC[C@]1(C)C[C@H]([13C](=O)OC)CN1C(=O)OC(C)(C)C.COC[C@]1(Cc2ccccc2)C[C@H](C(=O)OC)CN1C(=O)OC(C)(C)C. The zero-order chi connectivity index (χ0) is 51.2. The second-order valence-electron chi connectivity index (χ2n) is 20.9. The van der Waals surface area contributed by atoms with Crippen LogP contribution in [0.5, 0.6) is 0 Å². The molecule has 0 N–H and O–H groups in total. The number of rotatable bonds is 12. The predicted octanol–water partition coefficient (Wildman–Crippen LogP) is 7.22. The highest BCUT2D eigenvalue weighted by atomic mass is 16.6. The van der Waals surface area contributed by atoms with E-state index in [-0.39, 0.29) is 36.5 Å². The molecule has 18 heteroatoms. The molecule has 3 saturated heterocycles. The van der Waals surface area contributed by atoms with Crippen molar-refractivity contribution in [2.75, 3.05) is 74.5 Å². The Morgan fingerprint density at radius 3 is 1.46 bits per heavy atom. The Morgan fingerprint density at radius 1 is 0.597 bits per heavy atom. The molecule has 3 aliphatic rings. The van der Waals surface area contributed by atoms with E-state index >= 15 is 0 Å². The van der Waals surface area contributed by atoms with E-state index in [0.717, 1.165) is 5.56 Å². The van der Waals surface area contributed by atoms with Gasteiger partial charge in [0.25, 0.3) is 0 Å². The average molecular weight is 953 g/mol. The molecule has 67 heavy (non-hydrogen) atoms. The normalized spacial score (nSPS) is 24.9. The summed E-state index contributed by atoms with van der Waals surface area (Å²) in [6.07, 6.45) is 0.523. The second kappa shape index (κ2) is 24.6. The molecule has 0 aromatic heterocycles. The lowest BCUT2D eigenvalue weighted by atomic mass is 9.86. The Labute approximate surface area is 398 Å². The van der Waals surface area contributed by atoms with Gasteiger partial charge in [0, 0.05) is 47.3 Å². The van der Waals surface area contributed by atoms with Gasteiger partial charge in [-0.15, -0.1) is 0 Å². The van der Waals surface area contributed by atoms with Gasteiger partial charge in [-0.3, -0.25) is 29.1 Å². The number of methoxy groups -OCH3 is 4. The summed E-state index contributed by atoms with van der Waals surface area (Å²) in [5.74, 6) is -1.70. The smallest absolute Gasteiger partial charge is 0.410 e. The number of nitrogens with zero attached hydrogens (tertiary/aromatic N) is 3. The fourth-order valence-corrected chi connectivity index (χ4v) is 8.56. The van der Waals surface area contributed by atoms with Gasteiger partial charge in [0.15, 0.2) is 0 Å². The van der Waals surface area contributed by atoms with Crippen LogP contribution in [0.2, 0.25) is 0 Å². The van der Waals surface area contributed by atoms with Gasteiger partial charge in [-0.2, -0.15) is 0 Å². The first kappa shape index (κ1) is 58.4. The number of hydrogen-bond donors (Lipinski definition) is 0. The summed E-state index contributed by atoms with van der Waals surface area (Å²) < 4.78 is 47.6. The van der Waals surface area contributed by atoms with Gasteiger partial charge in [0.2, 0.25) is 0 Å². The van der Waals surface area contributed by atoms with Gasteiger partial charge in [0.1, 0.15) is 22.9 Å². The number of esters is 3. The van der Waals surface area contributed by atoms with Crippen LogP contribution in [-0.2, 0) is 63.4 Å². The van der Waals surface area contributed by atoms with E-state index in [0.29, 0.717) is 65.2 Å². The van der Waals surface area contributed by atoms with Crippen molar-refractivity contribution >= 4 is 36.2 Å². The van der Waals surface area contributed by atoms with E-state index < -0.39 is 57.6 Å². The fraction of sp³-hybridized carbons (Fsp3) is 0.755. The van der Waals surface area contributed by atoms with Crippen molar-refractivity contribution in [2.24, 2.45) is 11.8 Å². The Hall–Kier alpha value is -4.68. The third-order valence-corrected chi connectivity index (χ3v) is 11.2. The zero-order valence-electron chi connectivity index (χ0n) is 43.4. The predicted molar refractivity (Wildman–Crippen MR) is 249 cm³/mol. The van der Waals surface area contributed by atoms with Gasteiger partial charge in [-0.05, 0) is 108 Å². The van der Waals surface area contributed by atoms with E-state index in [9.17, 15) is 28.8 Å². The second-order valence-corrected chi connectivity index (χ2v) is 20.9. The van der Waals surface area contributed by atoms with Crippen LogP contribution in [-0.4, -0.2) is 165 Å². The molecule has 4 rings (SSSR count). The summed E-state index contributed by atoms with van der Waals surface area (Å²) in [6, 6.07) is 9.89. The van der Waals surface area contributed by atoms with Crippen LogP contribution >= 0.6 is 0 Å². The Balaban J connectivity index is 0.000000349. The molecule has 0 radical (unpaired) electrons. The average Bonchev–Trinajstić information content (AvgIpc) is 3.86. The number of hydrogen-bond acceptors (Lipinski definition) is 15. The highest BCUT2D eigenvalue weighted by Crippen LogP contribution is 2.39. The maximum atomic E-state index is 12.9. The minimum Gasteiger partial charge on any atom is -0.469 e. The standard InChI is InChI=1S/C20H29NO5.C15H27NO5.C14H25NO5/c1-19(2,3)26-18(23)21-13-16(17(22)25-5)12-20(21,14-24-4)11-15-9-7-6-8-10-15;1-7-19-10-15(6)8-12(20-11(2)17)9-16(15)13(18)21-14(3,4)5;1-13(2,3)20-12(17)15-8-10(11(16)19-6)7-14(15,4)9-18-5/h6-10,16H,11-14H2,1-5H3;12H,7-10H2,1-6H3;10H,7-9H2,1-6H3/t16-,20-;12-,15-;10-,14-/m000/s1/i;;11+1. The summed E-state index contributed by atoms with van der Waals surface area (Å²) >= 11 is 0. The Kier molecular flexibility index (Phi) is 21.4. The molecule has 0 unspecified atom stereocenters. The van der Waals surface area contributed by atoms with Crippen molar-refractivity contribution in [3.8, 4) is 0 Å². The van der Waals surface area contributed by atoms with Crippen molar-refractivity contribution in [3.63, 3.8) is 0 Å². The molecule has 0 aliphatic carbocycles. The molecule has 1 aromatic carbocycles. The van der Waals surface area contributed by atoms with E-state index in [1.165, 1.54) is 21.1 Å². The summed E-state index contributed by atoms with van der Waals surface area (Å²) in [6.45, 7) is 26.0. The van der Waals surface area contributed by atoms with Gasteiger partial charge in [0.05, 0.1) is 69.0 Å². The molecule has 1 aromatic rings. The third kappa shape index (κ3) is 18.1. The fourth-order valence-electron chi connectivity index (χ4n) is 8.56. The lowest BCUT2D eigenvalue weighted by Crippen LogP contribution is -2.53. The number of benzene rings is 1. The van der Waals surface area contributed by atoms with Crippen molar-refractivity contribution in [1.29, 1.82) is 0 Å². The van der Waals surface area contributed by atoms with Crippen LogP contribution < -0.4 is 0 Å². The summed E-state index contributed by atoms with van der Waals surface area (Å²) in [7, 11) is 5.90. The first-order valence-corrected chi connectivity index (χ1v) is 22.8. The molecule has 3 amide bonds.